The van der Waals surface area contributed by atoms with Crippen LogP contribution in [-0.4, -0.2) is 32.2 Å². The Morgan fingerprint density at radius 3 is 2.86 bits per heavy atom. The largest absolute Gasteiger partial charge is 0.396 e. The van der Waals surface area contributed by atoms with Crippen molar-refractivity contribution >= 4 is 23.1 Å². The molecule has 0 spiro atoms. The highest BCUT2D eigenvalue weighted by molar-refractivity contribution is 7.99. The predicted molar refractivity (Wildman–Crippen MR) is 92.4 cm³/mol. The van der Waals surface area contributed by atoms with Gasteiger partial charge in [-0.1, -0.05) is 31.0 Å². The third-order valence-corrected chi connectivity index (χ3v) is 6.11. The molecular weight excluding hydrogens is 314 g/mol. The van der Waals surface area contributed by atoms with Crippen LogP contribution in [0.1, 0.15) is 45.1 Å². The summed E-state index contributed by atoms with van der Waals surface area (Å²) in [5.41, 5.74) is 1.15. The average Bonchev–Trinajstić information content (AvgIpc) is 3.22. The Morgan fingerprint density at radius 1 is 1.36 bits per heavy atom. The Labute approximate surface area is 140 Å². The fourth-order valence-corrected chi connectivity index (χ4v) is 4.69. The van der Waals surface area contributed by atoms with E-state index < -0.39 is 0 Å². The van der Waals surface area contributed by atoms with Gasteiger partial charge in [0.2, 0.25) is 0 Å². The van der Waals surface area contributed by atoms with Gasteiger partial charge < -0.3 is 5.11 Å². The molecule has 1 aliphatic rings. The molecule has 3 rings (SSSR count). The van der Waals surface area contributed by atoms with Crippen LogP contribution in [0.25, 0.3) is 11.4 Å². The maximum Gasteiger partial charge on any atom is 0.191 e. The van der Waals surface area contributed by atoms with Gasteiger partial charge in [0.1, 0.15) is 0 Å². The normalized spacial score (nSPS) is 17.7. The first-order valence-corrected chi connectivity index (χ1v) is 9.95. The highest BCUT2D eigenvalue weighted by atomic mass is 32.2. The summed E-state index contributed by atoms with van der Waals surface area (Å²) in [4.78, 5) is 0. The van der Waals surface area contributed by atoms with E-state index in [0.717, 1.165) is 16.5 Å². The van der Waals surface area contributed by atoms with Gasteiger partial charge in [-0.3, -0.25) is 4.57 Å². The van der Waals surface area contributed by atoms with Crippen LogP contribution in [0, 0.1) is 5.92 Å². The number of thioether (sulfide) groups is 1. The molecule has 0 aliphatic heterocycles. The van der Waals surface area contributed by atoms with Gasteiger partial charge in [0.05, 0.1) is 6.61 Å². The van der Waals surface area contributed by atoms with E-state index in [-0.39, 0.29) is 6.61 Å². The summed E-state index contributed by atoms with van der Waals surface area (Å²) in [7, 11) is 0. The average molecular weight is 338 g/mol. The zero-order valence-corrected chi connectivity index (χ0v) is 14.6. The molecular formula is C16H23N3OS2. The van der Waals surface area contributed by atoms with E-state index in [1.54, 1.807) is 23.1 Å². The Balaban J connectivity index is 1.92. The molecule has 1 atom stereocenters. The number of nitrogens with zero attached hydrogens (tertiary/aromatic N) is 3. The van der Waals surface area contributed by atoms with Crippen LogP contribution < -0.4 is 0 Å². The van der Waals surface area contributed by atoms with Gasteiger partial charge in [-0.2, -0.15) is 11.3 Å². The van der Waals surface area contributed by atoms with Gasteiger partial charge in [0.25, 0.3) is 0 Å². The summed E-state index contributed by atoms with van der Waals surface area (Å²) in [6.45, 7) is 2.47. The first-order chi connectivity index (χ1) is 10.8. The van der Waals surface area contributed by atoms with Gasteiger partial charge >= 0.3 is 0 Å². The second-order valence-corrected chi connectivity index (χ2v) is 7.74. The zero-order valence-electron chi connectivity index (χ0n) is 12.9. The molecule has 2 aromatic heterocycles. The second kappa shape index (κ2) is 7.62. The van der Waals surface area contributed by atoms with Crippen molar-refractivity contribution in [3.05, 3.63) is 16.8 Å². The van der Waals surface area contributed by atoms with Crippen LogP contribution in [0.2, 0.25) is 0 Å². The van der Waals surface area contributed by atoms with Crippen molar-refractivity contribution in [2.75, 3.05) is 12.4 Å². The number of hydrogen-bond acceptors (Lipinski definition) is 5. The molecule has 120 valence electrons. The molecule has 1 N–H and O–H groups in total. The zero-order chi connectivity index (χ0) is 15.4. The van der Waals surface area contributed by atoms with Gasteiger partial charge in [-0.25, -0.2) is 0 Å². The highest BCUT2D eigenvalue weighted by Gasteiger charge is 2.26. The SMILES string of the molecule is C[C@H](C1CCCCC1)n1c(SCCO)nnc1-c1ccsc1. The van der Waals surface area contributed by atoms with E-state index in [0.29, 0.717) is 17.7 Å². The molecule has 4 nitrogen and oxygen atoms in total. The molecule has 2 heterocycles. The molecule has 0 saturated heterocycles. The number of rotatable bonds is 6. The van der Waals surface area contributed by atoms with E-state index in [1.165, 1.54) is 32.1 Å². The highest BCUT2D eigenvalue weighted by Crippen LogP contribution is 2.37. The molecule has 0 aromatic carbocycles. The lowest BCUT2D eigenvalue weighted by molar-refractivity contribution is 0.256. The molecule has 1 aliphatic carbocycles. The fourth-order valence-electron chi connectivity index (χ4n) is 3.30. The van der Waals surface area contributed by atoms with Crippen LogP contribution in [-0.2, 0) is 0 Å². The van der Waals surface area contributed by atoms with Crippen LogP contribution in [0.3, 0.4) is 0 Å². The maximum atomic E-state index is 9.12. The Bertz CT molecular complexity index is 576. The molecule has 6 heteroatoms. The van der Waals surface area contributed by atoms with Gasteiger partial charge in [0.15, 0.2) is 11.0 Å². The van der Waals surface area contributed by atoms with Crippen LogP contribution in [0.5, 0.6) is 0 Å². The second-order valence-electron chi connectivity index (χ2n) is 5.90. The Kier molecular flexibility index (Phi) is 5.55. The number of thiophene rings is 1. The third-order valence-electron chi connectivity index (χ3n) is 4.51. The molecule has 0 unspecified atom stereocenters. The smallest absolute Gasteiger partial charge is 0.191 e. The number of aliphatic hydroxyl groups is 1. The van der Waals surface area contributed by atoms with Crippen molar-refractivity contribution in [3.8, 4) is 11.4 Å². The summed E-state index contributed by atoms with van der Waals surface area (Å²) >= 11 is 3.29. The van der Waals surface area contributed by atoms with Gasteiger partial charge in [0, 0.05) is 22.7 Å². The molecule has 22 heavy (non-hydrogen) atoms. The lowest BCUT2D eigenvalue weighted by atomic mass is 9.84. The number of aliphatic hydroxyl groups excluding tert-OH is 1. The van der Waals surface area contributed by atoms with Crippen LogP contribution in [0.4, 0.5) is 0 Å². The van der Waals surface area contributed by atoms with Crippen LogP contribution in [0.15, 0.2) is 22.0 Å². The fraction of sp³-hybridized carbons (Fsp3) is 0.625. The third kappa shape index (κ3) is 3.39. The van der Waals surface area contributed by atoms with E-state index in [4.69, 9.17) is 5.11 Å². The minimum Gasteiger partial charge on any atom is -0.396 e. The monoisotopic (exact) mass is 337 g/mol. The lowest BCUT2D eigenvalue weighted by Gasteiger charge is -2.30. The summed E-state index contributed by atoms with van der Waals surface area (Å²) in [6, 6.07) is 2.52. The van der Waals surface area contributed by atoms with Gasteiger partial charge in [-0.15, -0.1) is 10.2 Å². The maximum absolute atomic E-state index is 9.12. The topological polar surface area (TPSA) is 50.9 Å². The van der Waals surface area contributed by atoms with Crippen molar-refractivity contribution in [2.45, 2.75) is 50.2 Å². The Hall–Kier alpha value is -0.850. The van der Waals surface area contributed by atoms with Crippen molar-refractivity contribution in [1.29, 1.82) is 0 Å². The first kappa shape index (κ1) is 16.0. The van der Waals surface area contributed by atoms with Crippen molar-refractivity contribution < 1.29 is 5.11 Å². The van der Waals surface area contributed by atoms with Gasteiger partial charge in [-0.05, 0) is 37.1 Å². The summed E-state index contributed by atoms with van der Waals surface area (Å²) in [5.74, 6) is 2.34. The van der Waals surface area contributed by atoms with E-state index in [1.807, 2.05) is 0 Å². The summed E-state index contributed by atoms with van der Waals surface area (Å²) in [6.07, 6.45) is 6.64. The van der Waals surface area contributed by atoms with E-state index in [9.17, 15) is 0 Å². The van der Waals surface area contributed by atoms with E-state index >= 15 is 0 Å². The molecule has 0 amide bonds. The summed E-state index contributed by atoms with van der Waals surface area (Å²) < 4.78 is 2.30. The van der Waals surface area contributed by atoms with Crippen LogP contribution >= 0.6 is 23.1 Å². The molecule has 2 aromatic rings. The van der Waals surface area contributed by atoms with Crippen molar-refractivity contribution in [2.24, 2.45) is 5.92 Å². The standard InChI is InChI=1S/C16H23N3OS2/c1-12(13-5-3-2-4-6-13)19-15(14-7-9-21-11-14)17-18-16(19)22-10-8-20/h7,9,11-13,20H,2-6,8,10H2,1H3/t12-/m1/s1. The van der Waals surface area contributed by atoms with E-state index in [2.05, 4.69) is 38.5 Å². The first-order valence-electron chi connectivity index (χ1n) is 8.02. The van der Waals surface area contributed by atoms with Crippen molar-refractivity contribution in [1.82, 2.24) is 14.8 Å². The molecule has 0 radical (unpaired) electrons. The lowest BCUT2D eigenvalue weighted by Crippen LogP contribution is -2.20. The summed E-state index contributed by atoms with van der Waals surface area (Å²) in [5, 5.41) is 23.1. The quantitative estimate of drug-likeness (QED) is 0.801. The Morgan fingerprint density at radius 2 is 2.18 bits per heavy atom. The predicted octanol–water partition coefficient (Wildman–Crippen LogP) is 4.23. The number of hydrogen-bond donors (Lipinski definition) is 1. The molecule has 1 fully saturated rings. The molecule has 1 saturated carbocycles. The number of aromatic nitrogens is 3. The minimum atomic E-state index is 0.170. The molecule has 0 bridgehead atoms. The van der Waals surface area contributed by atoms with Crippen molar-refractivity contribution in [3.63, 3.8) is 0 Å². The minimum absolute atomic E-state index is 0.170.